The van der Waals surface area contributed by atoms with E-state index in [0.717, 1.165) is 37.8 Å². The van der Waals surface area contributed by atoms with Crippen molar-refractivity contribution in [3.8, 4) is 11.5 Å². The third-order valence-corrected chi connectivity index (χ3v) is 4.39. The van der Waals surface area contributed by atoms with E-state index >= 15 is 0 Å². The maximum atomic E-state index is 6.54. The molecule has 0 atom stereocenters. The second-order valence-electron chi connectivity index (χ2n) is 4.28. The summed E-state index contributed by atoms with van der Waals surface area (Å²) in [4.78, 5) is 4.63. The van der Waals surface area contributed by atoms with Gasteiger partial charge in [-0.3, -0.25) is 0 Å². The third kappa shape index (κ3) is 2.00. The van der Waals surface area contributed by atoms with Crippen molar-refractivity contribution in [1.82, 2.24) is 4.98 Å². The average molecular weight is 353 g/mol. The van der Waals surface area contributed by atoms with Crippen molar-refractivity contribution in [1.29, 1.82) is 0 Å². The van der Waals surface area contributed by atoms with E-state index in [1.165, 1.54) is 0 Å². The summed E-state index contributed by atoms with van der Waals surface area (Å²) in [5.74, 6) is 1.49. The van der Waals surface area contributed by atoms with Gasteiger partial charge in [-0.1, -0.05) is 11.6 Å². The van der Waals surface area contributed by atoms with Crippen molar-refractivity contribution in [3.63, 3.8) is 0 Å². The van der Waals surface area contributed by atoms with E-state index in [0.29, 0.717) is 5.02 Å². The van der Waals surface area contributed by atoms with E-state index < -0.39 is 0 Å². The van der Waals surface area contributed by atoms with E-state index in [1.807, 2.05) is 30.3 Å². The van der Waals surface area contributed by atoms with Gasteiger partial charge in [0.1, 0.15) is 11.5 Å². The number of ether oxygens (including phenoxy) is 2. The Morgan fingerprint density at radius 1 is 1.05 bits per heavy atom. The zero-order valence-electron chi connectivity index (χ0n) is 10.9. The van der Waals surface area contributed by atoms with Crippen molar-refractivity contribution in [3.05, 3.63) is 39.8 Å². The maximum Gasteiger partial charge on any atom is 0.133 e. The molecule has 3 nitrogen and oxygen atoms in total. The number of nitrogens with zero attached hydrogens (tertiary/aromatic N) is 1. The van der Waals surface area contributed by atoms with Crippen LogP contribution in [0.5, 0.6) is 11.5 Å². The quantitative estimate of drug-likeness (QED) is 0.620. The van der Waals surface area contributed by atoms with Gasteiger partial charge in [0, 0.05) is 16.8 Å². The summed E-state index contributed by atoms with van der Waals surface area (Å²) in [5, 5.41) is 2.39. The molecule has 1 aromatic heterocycles. The molecular formula is C15H11BrClNO2. The van der Waals surface area contributed by atoms with Gasteiger partial charge in [0.15, 0.2) is 0 Å². The minimum atomic E-state index is 0.651. The fourth-order valence-electron chi connectivity index (χ4n) is 2.19. The predicted octanol–water partition coefficient (Wildman–Crippen LogP) is 4.82. The number of benzene rings is 2. The molecule has 0 N–H and O–H groups in total. The number of aromatic nitrogens is 1. The molecule has 0 aliphatic carbocycles. The van der Waals surface area contributed by atoms with Crippen molar-refractivity contribution in [2.45, 2.75) is 0 Å². The molecule has 0 amide bonds. The molecule has 0 saturated carbocycles. The summed E-state index contributed by atoms with van der Waals surface area (Å²) < 4.78 is 11.3. The smallest absolute Gasteiger partial charge is 0.133 e. The lowest BCUT2D eigenvalue weighted by Gasteiger charge is -2.11. The molecule has 0 bridgehead atoms. The Morgan fingerprint density at radius 2 is 1.85 bits per heavy atom. The van der Waals surface area contributed by atoms with Gasteiger partial charge in [-0.2, -0.15) is 0 Å². The van der Waals surface area contributed by atoms with Crippen molar-refractivity contribution < 1.29 is 9.47 Å². The lowest BCUT2D eigenvalue weighted by Crippen LogP contribution is -1.90. The van der Waals surface area contributed by atoms with E-state index in [1.54, 1.807) is 14.2 Å². The first-order chi connectivity index (χ1) is 9.65. The molecule has 3 rings (SSSR count). The number of halogens is 2. The monoisotopic (exact) mass is 351 g/mol. The Bertz CT molecular complexity index is 820. The Morgan fingerprint density at radius 3 is 2.55 bits per heavy atom. The first kappa shape index (κ1) is 13.5. The van der Waals surface area contributed by atoms with Crippen LogP contribution in [0, 0.1) is 0 Å². The minimum absolute atomic E-state index is 0.651. The zero-order valence-corrected chi connectivity index (χ0v) is 13.2. The fraction of sp³-hybridized carbons (Fsp3) is 0.133. The van der Waals surface area contributed by atoms with Gasteiger partial charge in [-0.25, -0.2) is 4.98 Å². The summed E-state index contributed by atoms with van der Waals surface area (Å²) in [7, 11) is 3.25. The Hall–Kier alpha value is -1.52. The van der Waals surface area contributed by atoms with Crippen molar-refractivity contribution in [2.24, 2.45) is 0 Å². The van der Waals surface area contributed by atoms with Crippen LogP contribution in [-0.4, -0.2) is 19.2 Å². The van der Waals surface area contributed by atoms with Gasteiger partial charge >= 0.3 is 0 Å². The second kappa shape index (κ2) is 5.11. The third-order valence-electron chi connectivity index (χ3n) is 3.21. The van der Waals surface area contributed by atoms with E-state index in [2.05, 4.69) is 20.9 Å². The fourth-order valence-corrected chi connectivity index (χ4v) is 3.35. The topological polar surface area (TPSA) is 31.4 Å². The average Bonchev–Trinajstić information content (AvgIpc) is 2.47. The van der Waals surface area contributed by atoms with Crippen LogP contribution >= 0.6 is 27.5 Å². The molecule has 0 unspecified atom stereocenters. The first-order valence-electron chi connectivity index (χ1n) is 5.95. The number of rotatable bonds is 2. The van der Waals surface area contributed by atoms with Gasteiger partial charge in [0.25, 0.3) is 0 Å². The highest BCUT2D eigenvalue weighted by molar-refractivity contribution is 9.10. The molecule has 5 heteroatoms. The van der Waals surface area contributed by atoms with Gasteiger partial charge in [0.05, 0.1) is 34.7 Å². The van der Waals surface area contributed by atoms with Crippen LogP contribution in [0.4, 0.5) is 0 Å². The minimum Gasteiger partial charge on any atom is -0.497 e. The highest BCUT2D eigenvalue weighted by Gasteiger charge is 2.13. The lowest BCUT2D eigenvalue weighted by molar-refractivity contribution is 0.413. The maximum absolute atomic E-state index is 6.54. The van der Waals surface area contributed by atoms with Gasteiger partial charge in [0.2, 0.25) is 0 Å². The van der Waals surface area contributed by atoms with Crippen molar-refractivity contribution in [2.75, 3.05) is 14.2 Å². The molecule has 0 saturated heterocycles. The molecule has 102 valence electrons. The molecular weight excluding hydrogens is 342 g/mol. The number of hydrogen-bond acceptors (Lipinski definition) is 3. The van der Waals surface area contributed by atoms with Crippen LogP contribution in [0.15, 0.2) is 34.8 Å². The number of fused-ring (bicyclic) bond motifs is 2. The van der Waals surface area contributed by atoms with Gasteiger partial charge in [-0.05, 0) is 40.2 Å². The highest BCUT2D eigenvalue weighted by atomic mass is 79.9. The summed E-state index contributed by atoms with van der Waals surface area (Å²) >= 11 is 10.1. The molecule has 0 spiro atoms. The standard InChI is InChI=1S/C15H11BrClNO2/c1-19-8-3-4-9-11(7-8)18-10-5-6-12(20-2)14(16)13(10)15(9)17/h3-7H,1-2H3. The van der Waals surface area contributed by atoms with Gasteiger partial charge < -0.3 is 9.47 Å². The summed E-state index contributed by atoms with van der Waals surface area (Å²) in [6, 6.07) is 9.41. The summed E-state index contributed by atoms with van der Waals surface area (Å²) in [6.45, 7) is 0. The summed E-state index contributed by atoms with van der Waals surface area (Å²) in [5.41, 5.74) is 1.61. The molecule has 0 aliphatic heterocycles. The predicted molar refractivity (Wildman–Crippen MR) is 85.1 cm³/mol. The second-order valence-corrected chi connectivity index (χ2v) is 5.46. The number of methoxy groups -OCH3 is 2. The summed E-state index contributed by atoms with van der Waals surface area (Å²) in [6.07, 6.45) is 0. The number of pyridine rings is 1. The van der Waals surface area contributed by atoms with Crippen molar-refractivity contribution >= 4 is 49.3 Å². The van der Waals surface area contributed by atoms with Crippen LogP contribution in [-0.2, 0) is 0 Å². The molecule has 20 heavy (non-hydrogen) atoms. The number of hydrogen-bond donors (Lipinski definition) is 0. The van der Waals surface area contributed by atoms with Crippen LogP contribution in [0.25, 0.3) is 21.8 Å². The lowest BCUT2D eigenvalue weighted by atomic mass is 10.1. The Kier molecular flexibility index (Phi) is 3.44. The largest absolute Gasteiger partial charge is 0.497 e. The van der Waals surface area contributed by atoms with Crippen LogP contribution in [0.3, 0.4) is 0 Å². The van der Waals surface area contributed by atoms with Crippen LogP contribution in [0.1, 0.15) is 0 Å². The normalized spacial score (nSPS) is 11.0. The van der Waals surface area contributed by atoms with Gasteiger partial charge in [-0.15, -0.1) is 0 Å². The van der Waals surface area contributed by atoms with E-state index in [-0.39, 0.29) is 0 Å². The highest BCUT2D eigenvalue weighted by Crippen LogP contribution is 2.40. The first-order valence-corrected chi connectivity index (χ1v) is 7.12. The Labute approximate surface area is 129 Å². The van der Waals surface area contributed by atoms with Crippen LogP contribution < -0.4 is 9.47 Å². The van der Waals surface area contributed by atoms with E-state index in [9.17, 15) is 0 Å². The molecule has 0 aliphatic rings. The SMILES string of the molecule is COc1ccc2c(Cl)c3c(Br)c(OC)ccc3nc2c1. The molecule has 3 aromatic rings. The Balaban J connectivity index is 2.43. The zero-order chi connectivity index (χ0) is 14.3. The molecule has 0 radical (unpaired) electrons. The molecule has 0 fully saturated rings. The molecule has 1 heterocycles. The van der Waals surface area contributed by atoms with E-state index in [4.69, 9.17) is 21.1 Å². The molecule has 2 aromatic carbocycles. The van der Waals surface area contributed by atoms with Crippen LogP contribution in [0.2, 0.25) is 5.02 Å².